The maximum Gasteiger partial charge on any atom is 0.145 e. The Hall–Kier alpha value is -2.09. The molecule has 2 heteroatoms. The monoisotopic (exact) mass is 250 g/mol. The van der Waals surface area contributed by atoms with Gasteiger partial charge in [-0.3, -0.25) is 0 Å². The van der Waals surface area contributed by atoms with Crippen molar-refractivity contribution in [2.75, 3.05) is 0 Å². The van der Waals surface area contributed by atoms with E-state index in [0.717, 1.165) is 11.3 Å². The van der Waals surface area contributed by atoms with Crippen LogP contribution >= 0.6 is 0 Å². The molecule has 0 aliphatic heterocycles. The SMILES string of the molecule is Cc1cccc(-c2cc(C)cn3c(C)c(C)nc23)c1. The molecule has 2 aromatic heterocycles. The lowest BCUT2D eigenvalue weighted by Crippen LogP contribution is -1.93. The van der Waals surface area contributed by atoms with Gasteiger partial charge in [0.25, 0.3) is 0 Å². The van der Waals surface area contributed by atoms with E-state index in [0.29, 0.717) is 0 Å². The Morgan fingerprint density at radius 1 is 0.947 bits per heavy atom. The third kappa shape index (κ3) is 1.93. The van der Waals surface area contributed by atoms with E-state index in [-0.39, 0.29) is 0 Å². The van der Waals surface area contributed by atoms with Crippen LogP contribution in [0.3, 0.4) is 0 Å². The van der Waals surface area contributed by atoms with Crippen molar-refractivity contribution in [2.24, 2.45) is 0 Å². The number of hydrogen-bond acceptors (Lipinski definition) is 1. The van der Waals surface area contributed by atoms with E-state index in [4.69, 9.17) is 4.98 Å². The molecule has 2 nitrogen and oxygen atoms in total. The first kappa shape index (κ1) is 12.0. The van der Waals surface area contributed by atoms with Gasteiger partial charge in [-0.05, 0) is 44.9 Å². The van der Waals surface area contributed by atoms with Gasteiger partial charge in [0.1, 0.15) is 5.65 Å². The molecule has 0 spiro atoms. The zero-order valence-corrected chi connectivity index (χ0v) is 11.9. The topological polar surface area (TPSA) is 17.3 Å². The number of hydrogen-bond donors (Lipinski definition) is 0. The van der Waals surface area contributed by atoms with Crippen LogP contribution in [0.4, 0.5) is 0 Å². The van der Waals surface area contributed by atoms with Crippen LogP contribution in [0, 0.1) is 27.7 Å². The van der Waals surface area contributed by atoms with Crippen LogP contribution in [0.1, 0.15) is 22.5 Å². The van der Waals surface area contributed by atoms with Crippen molar-refractivity contribution >= 4 is 5.65 Å². The fourth-order valence-corrected chi connectivity index (χ4v) is 2.53. The highest BCUT2D eigenvalue weighted by Gasteiger charge is 2.11. The highest BCUT2D eigenvalue weighted by Crippen LogP contribution is 2.27. The highest BCUT2D eigenvalue weighted by atomic mass is 15.0. The van der Waals surface area contributed by atoms with Gasteiger partial charge in [0.15, 0.2) is 0 Å². The molecule has 1 aromatic carbocycles. The Labute approximate surface area is 113 Å². The standard InChI is InChI=1S/C17H18N2/c1-11-6-5-7-15(8-11)16-9-12(2)10-19-14(4)13(3)18-17(16)19/h5-10H,1-4H3. The highest BCUT2D eigenvalue weighted by molar-refractivity contribution is 5.79. The predicted octanol–water partition coefficient (Wildman–Crippen LogP) is 4.23. The second-order valence-corrected chi connectivity index (χ2v) is 5.28. The molecule has 2 heterocycles. The summed E-state index contributed by atoms with van der Waals surface area (Å²) in [6.45, 7) is 8.44. The van der Waals surface area contributed by atoms with Gasteiger partial charge in [0.2, 0.25) is 0 Å². The maximum absolute atomic E-state index is 4.72. The van der Waals surface area contributed by atoms with Crippen molar-refractivity contribution < 1.29 is 0 Å². The van der Waals surface area contributed by atoms with E-state index >= 15 is 0 Å². The Bertz CT molecular complexity index is 766. The van der Waals surface area contributed by atoms with E-state index in [9.17, 15) is 0 Å². The van der Waals surface area contributed by atoms with E-state index in [1.54, 1.807) is 0 Å². The Morgan fingerprint density at radius 3 is 2.47 bits per heavy atom. The van der Waals surface area contributed by atoms with E-state index in [2.05, 4.69) is 68.6 Å². The number of nitrogens with zero attached hydrogens (tertiary/aromatic N) is 2. The molecule has 19 heavy (non-hydrogen) atoms. The lowest BCUT2D eigenvalue weighted by atomic mass is 10.0. The first-order valence-electron chi connectivity index (χ1n) is 6.59. The van der Waals surface area contributed by atoms with Gasteiger partial charge in [0.05, 0.1) is 5.69 Å². The van der Waals surface area contributed by atoms with Gasteiger partial charge in [-0.25, -0.2) is 4.98 Å². The number of aromatic nitrogens is 2. The zero-order chi connectivity index (χ0) is 13.6. The molecular weight excluding hydrogens is 232 g/mol. The van der Waals surface area contributed by atoms with Crippen LogP contribution in [-0.2, 0) is 0 Å². The molecule has 0 aliphatic rings. The molecule has 0 saturated heterocycles. The number of aryl methyl sites for hydroxylation is 4. The summed E-state index contributed by atoms with van der Waals surface area (Å²) in [6.07, 6.45) is 2.16. The minimum absolute atomic E-state index is 1.05. The quantitative estimate of drug-likeness (QED) is 0.631. The number of imidazole rings is 1. The number of fused-ring (bicyclic) bond motifs is 1. The lowest BCUT2D eigenvalue weighted by molar-refractivity contribution is 1.08. The van der Waals surface area contributed by atoms with Crippen molar-refractivity contribution in [3.05, 3.63) is 59.0 Å². The normalized spacial score (nSPS) is 11.2. The number of benzene rings is 1. The second kappa shape index (κ2) is 4.23. The summed E-state index contributed by atoms with van der Waals surface area (Å²) in [4.78, 5) is 4.72. The second-order valence-electron chi connectivity index (χ2n) is 5.28. The van der Waals surface area contributed by atoms with E-state index < -0.39 is 0 Å². The zero-order valence-electron chi connectivity index (χ0n) is 11.9. The minimum Gasteiger partial charge on any atom is -0.303 e. The Kier molecular flexibility index (Phi) is 2.67. The first-order chi connectivity index (χ1) is 9.06. The molecule has 0 unspecified atom stereocenters. The third-order valence-corrected chi connectivity index (χ3v) is 3.66. The van der Waals surface area contributed by atoms with Gasteiger partial charge >= 0.3 is 0 Å². The molecule has 3 rings (SSSR count). The maximum atomic E-state index is 4.72. The summed E-state index contributed by atoms with van der Waals surface area (Å²) in [5.41, 5.74) is 8.33. The third-order valence-electron chi connectivity index (χ3n) is 3.66. The van der Waals surface area contributed by atoms with Crippen molar-refractivity contribution in [1.29, 1.82) is 0 Å². The molecular formula is C17H18N2. The van der Waals surface area contributed by atoms with Crippen LogP contribution in [0.2, 0.25) is 0 Å². The molecule has 0 atom stereocenters. The molecule has 0 aliphatic carbocycles. The Balaban J connectivity index is 2.37. The van der Waals surface area contributed by atoms with Gasteiger partial charge < -0.3 is 4.40 Å². The molecule has 0 amide bonds. The van der Waals surface area contributed by atoms with Crippen LogP contribution in [0.15, 0.2) is 36.5 Å². The van der Waals surface area contributed by atoms with Crippen molar-refractivity contribution in [2.45, 2.75) is 27.7 Å². The molecule has 0 bridgehead atoms. The van der Waals surface area contributed by atoms with Crippen molar-refractivity contribution in [3.63, 3.8) is 0 Å². The van der Waals surface area contributed by atoms with Gasteiger partial charge in [-0.1, -0.05) is 29.8 Å². The molecule has 96 valence electrons. The molecule has 0 saturated carbocycles. The molecule has 0 fully saturated rings. The van der Waals surface area contributed by atoms with Crippen LogP contribution in [0.5, 0.6) is 0 Å². The fraction of sp³-hybridized carbons (Fsp3) is 0.235. The van der Waals surface area contributed by atoms with E-state index in [1.807, 2.05) is 0 Å². The first-order valence-corrected chi connectivity index (χ1v) is 6.59. The number of rotatable bonds is 1. The average molecular weight is 250 g/mol. The largest absolute Gasteiger partial charge is 0.303 e. The molecule has 0 radical (unpaired) electrons. The summed E-state index contributed by atoms with van der Waals surface area (Å²) < 4.78 is 2.20. The predicted molar refractivity (Wildman–Crippen MR) is 79.6 cm³/mol. The van der Waals surface area contributed by atoms with Crippen molar-refractivity contribution in [1.82, 2.24) is 9.38 Å². The summed E-state index contributed by atoms with van der Waals surface area (Å²) in [5, 5.41) is 0. The fourth-order valence-electron chi connectivity index (χ4n) is 2.53. The van der Waals surface area contributed by atoms with Gasteiger partial charge in [-0.2, -0.15) is 0 Å². The van der Waals surface area contributed by atoms with E-state index in [1.165, 1.54) is 27.9 Å². The summed E-state index contributed by atoms with van der Waals surface area (Å²) in [5.74, 6) is 0. The van der Waals surface area contributed by atoms with Crippen molar-refractivity contribution in [3.8, 4) is 11.1 Å². The summed E-state index contributed by atoms with van der Waals surface area (Å²) in [6, 6.07) is 10.8. The van der Waals surface area contributed by atoms with Gasteiger partial charge in [0, 0.05) is 17.5 Å². The summed E-state index contributed by atoms with van der Waals surface area (Å²) >= 11 is 0. The van der Waals surface area contributed by atoms with Crippen LogP contribution in [-0.4, -0.2) is 9.38 Å². The Morgan fingerprint density at radius 2 is 1.74 bits per heavy atom. The molecule has 0 N–H and O–H groups in total. The lowest BCUT2D eigenvalue weighted by Gasteiger charge is -2.07. The van der Waals surface area contributed by atoms with Gasteiger partial charge in [-0.15, -0.1) is 0 Å². The van der Waals surface area contributed by atoms with Crippen LogP contribution in [0.25, 0.3) is 16.8 Å². The number of pyridine rings is 1. The van der Waals surface area contributed by atoms with Crippen LogP contribution < -0.4 is 0 Å². The average Bonchev–Trinajstić information content (AvgIpc) is 2.65. The minimum atomic E-state index is 1.05. The summed E-state index contributed by atoms with van der Waals surface area (Å²) in [7, 11) is 0. The smallest absolute Gasteiger partial charge is 0.145 e. The molecule has 3 aromatic rings.